The maximum atomic E-state index is 14.2. The van der Waals surface area contributed by atoms with Crippen LogP contribution >= 0.6 is 11.3 Å². The minimum Gasteiger partial charge on any atom is -0.473 e. The molecule has 10 heteroatoms. The number of imidazole rings is 1. The maximum absolute atomic E-state index is 14.2. The summed E-state index contributed by atoms with van der Waals surface area (Å²) in [6.45, 7) is 4.23. The van der Waals surface area contributed by atoms with Crippen LogP contribution in [0.25, 0.3) is 10.3 Å². The summed E-state index contributed by atoms with van der Waals surface area (Å²) in [7, 11) is 0. The minimum absolute atomic E-state index is 0.0524. The first kappa shape index (κ1) is 25.6. The fourth-order valence-corrected chi connectivity index (χ4v) is 6.07. The Kier molecular flexibility index (Phi) is 7.37. The second-order valence-electron chi connectivity index (χ2n) is 10.0. The number of carbonyl (C=O) groups is 1. The molecule has 3 aromatic heterocycles. The molecule has 1 aromatic carbocycles. The van der Waals surface area contributed by atoms with Gasteiger partial charge in [-0.3, -0.25) is 9.69 Å². The second kappa shape index (κ2) is 11.2. The van der Waals surface area contributed by atoms with Crippen molar-refractivity contribution in [2.75, 3.05) is 19.7 Å². The molecule has 0 aliphatic carbocycles. The van der Waals surface area contributed by atoms with Gasteiger partial charge in [-0.15, -0.1) is 11.3 Å². The smallest absolute Gasteiger partial charge is 0.213 e. The Balaban J connectivity index is 1.08. The highest BCUT2D eigenvalue weighted by Crippen LogP contribution is 2.31. The van der Waals surface area contributed by atoms with Crippen LogP contribution in [0.15, 0.2) is 42.5 Å². The van der Waals surface area contributed by atoms with E-state index in [1.54, 1.807) is 18.2 Å². The van der Waals surface area contributed by atoms with Crippen LogP contribution in [0.3, 0.4) is 0 Å². The highest BCUT2D eigenvalue weighted by Gasteiger charge is 2.26. The molecule has 0 saturated carbocycles. The monoisotopic (exact) mass is 545 g/mol. The minimum atomic E-state index is -0.456. The lowest BCUT2D eigenvalue weighted by molar-refractivity contribution is -0.0592. The zero-order valence-electron chi connectivity index (χ0n) is 21.4. The number of hydrogen-bond acceptors (Lipinski definition) is 8. The summed E-state index contributed by atoms with van der Waals surface area (Å²) in [4.78, 5) is 24.9. The molecule has 200 valence electrons. The van der Waals surface area contributed by atoms with Gasteiger partial charge in [0.1, 0.15) is 23.1 Å². The Hall–Kier alpha value is -3.65. The summed E-state index contributed by atoms with van der Waals surface area (Å²) >= 11 is 1.44. The van der Waals surface area contributed by atoms with Crippen LogP contribution in [0.1, 0.15) is 57.5 Å². The van der Waals surface area contributed by atoms with Crippen molar-refractivity contribution in [2.45, 2.75) is 51.0 Å². The standard InChI is InChI=1S/C29H28FN5O3S/c30-24-12-19(14-31)4-5-21(24)18-38-28-3-1-2-25(32-28)20-6-9-34(10-7-20)16-27-33-29-26(13-23(17-36)39-29)35(27)15-22-8-11-37-22/h1-5,12-13,17,20,22H,6-11,15-16,18H2. The lowest BCUT2D eigenvalue weighted by atomic mass is 9.93. The normalized spacial score (nSPS) is 18.1. The second-order valence-corrected chi connectivity index (χ2v) is 11.1. The number of likely N-dealkylation sites (tertiary alicyclic amines) is 1. The Labute approximate surface area is 229 Å². The van der Waals surface area contributed by atoms with Crippen LogP contribution in [-0.4, -0.2) is 51.5 Å². The highest BCUT2D eigenvalue weighted by molar-refractivity contribution is 7.20. The predicted octanol–water partition coefficient (Wildman–Crippen LogP) is 5.06. The van der Waals surface area contributed by atoms with Gasteiger partial charge in [-0.25, -0.2) is 14.4 Å². The molecule has 2 aliphatic rings. The first-order valence-electron chi connectivity index (χ1n) is 13.2. The molecule has 0 spiro atoms. The number of aldehydes is 1. The van der Waals surface area contributed by atoms with Crippen molar-refractivity contribution in [3.8, 4) is 11.9 Å². The maximum Gasteiger partial charge on any atom is 0.213 e. The molecule has 0 N–H and O–H groups in total. The van der Waals surface area contributed by atoms with Crippen LogP contribution < -0.4 is 4.74 Å². The van der Waals surface area contributed by atoms with Gasteiger partial charge >= 0.3 is 0 Å². The van der Waals surface area contributed by atoms with Crippen molar-refractivity contribution in [3.63, 3.8) is 0 Å². The lowest BCUT2D eigenvalue weighted by Crippen LogP contribution is -2.35. The molecule has 2 aliphatic heterocycles. The van der Waals surface area contributed by atoms with E-state index in [-0.39, 0.29) is 18.3 Å². The van der Waals surface area contributed by atoms with Crippen molar-refractivity contribution < 1.29 is 18.7 Å². The topological polar surface area (TPSA) is 93.3 Å². The van der Waals surface area contributed by atoms with Crippen molar-refractivity contribution >= 4 is 28.0 Å². The molecular weight excluding hydrogens is 517 g/mol. The number of aromatic nitrogens is 3. The van der Waals surface area contributed by atoms with Gasteiger partial charge in [-0.05, 0) is 56.6 Å². The van der Waals surface area contributed by atoms with Gasteiger partial charge in [-0.1, -0.05) is 12.1 Å². The van der Waals surface area contributed by atoms with Crippen LogP contribution in [0.4, 0.5) is 4.39 Å². The number of nitriles is 1. The summed E-state index contributed by atoms with van der Waals surface area (Å²) in [5, 5.41) is 8.92. The van der Waals surface area contributed by atoms with E-state index >= 15 is 0 Å². The fraction of sp³-hybridized carbons (Fsp3) is 0.379. The molecule has 0 bridgehead atoms. The van der Waals surface area contributed by atoms with Gasteiger partial charge in [0.15, 0.2) is 6.29 Å². The third-order valence-electron chi connectivity index (χ3n) is 7.52. The SMILES string of the molecule is N#Cc1ccc(COc2cccc(C3CCN(Cc4nc5sc(C=O)cc5n4CC4CCO4)CC3)n2)c(F)c1. The predicted molar refractivity (Wildman–Crippen MR) is 144 cm³/mol. The highest BCUT2D eigenvalue weighted by atomic mass is 32.1. The van der Waals surface area contributed by atoms with E-state index < -0.39 is 5.82 Å². The fourth-order valence-electron chi connectivity index (χ4n) is 5.21. The zero-order valence-corrected chi connectivity index (χ0v) is 22.2. The number of thiophene rings is 1. The Bertz CT molecular complexity index is 1530. The molecule has 5 heterocycles. The van der Waals surface area contributed by atoms with E-state index in [9.17, 15) is 9.18 Å². The largest absolute Gasteiger partial charge is 0.473 e. The van der Waals surface area contributed by atoms with Crippen molar-refractivity contribution in [1.82, 2.24) is 19.4 Å². The average Bonchev–Trinajstić information content (AvgIpc) is 3.48. The van der Waals surface area contributed by atoms with Crippen LogP contribution in [0.5, 0.6) is 5.88 Å². The van der Waals surface area contributed by atoms with E-state index in [0.29, 0.717) is 22.2 Å². The number of benzene rings is 1. The third kappa shape index (κ3) is 5.57. The molecule has 0 amide bonds. The van der Waals surface area contributed by atoms with E-state index in [1.807, 2.05) is 24.3 Å². The number of piperidine rings is 1. The van der Waals surface area contributed by atoms with Gasteiger partial charge in [-0.2, -0.15) is 5.26 Å². The van der Waals surface area contributed by atoms with Gasteiger partial charge in [0, 0.05) is 29.8 Å². The number of nitrogens with zero attached hydrogens (tertiary/aromatic N) is 5. The Morgan fingerprint density at radius 3 is 2.74 bits per heavy atom. The first-order valence-corrected chi connectivity index (χ1v) is 14.0. The number of hydrogen-bond donors (Lipinski definition) is 0. The molecule has 4 aromatic rings. The number of fused-ring (bicyclic) bond motifs is 1. The molecule has 0 radical (unpaired) electrons. The average molecular weight is 546 g/mol. The van der Waals surface area contributed by atoms with Gasteiger partial charge < -0.3 is 14.0 Å². The van der Waals surface area contributed by atoms with Crippen LogP contribution in [0, 0.1) is 17.1 Å². The van der Waals surface area contributed by atoms with E-state index in [2.05, 4.69) is 9.47 Å². The summed E-state index contributed by atoms with van der Waals surface area (Å²) < 4.78 is 27.9. The summed E-state index contributed by atoms with van der Waals surface area (Å²) in [6, 6.07) is 14.0. The van der Waals surface area contributed by atoms with Gasteiger partial charge in [0.2, 0.25) is 5.88 Å². The van der Waals surface area contributed by atoms with Crippen LogP contribution in [0.2, 0.25) is 0 Å². The van der Waals surface area contributed by atoms with E-state index in [4.69, 9.17) is 24.7 Å². The molecule has 2 fully saturated rings. The van der Waals surface area contributed by atoms with E-state index in [1.165, 1.54) is 17.4 Å². The number of pyridine rings is 1. The lowest BCUT2D eigenvalue weighted by Gasteiger charge is -2.32. The summed E-state index contributed by atoms with van der Waals surface area (Å²) in [5.41, 5.74) is 2.67. The summed E-state index contributed by atoms with van der Waals surface area (Å²) in [5.74, 6) is 1.35. The Morgan fingerprint density at radius 2 is 2.03 bits per heavy atom. The number of halogens is 1. The van der Waals surface area contributed by atoms with Gasteiger partial charge in [0.25, 0.3) is 0 Å². The molecule has 39 heavy (non-hydrogen) atoms. The van der Waals surface area contributed by atoms with Crippen molar-refractivity contribution in [2.24, 2.45) is 0 Å². The van der Waals surface area contributed by atoms with Crippen molar-refractivity contribution in [3.05, 3.63) is 75.8 Å². The summed E-state index contributed by atoms with van der Waals surface area (Å²) in [6.07, 6.45) is 4.09. The molecule has 1 atom stereocenters. The van der Waals surface area contributed by atoms with E-state index in [0.717, 1.165) is 80.2 Å². The quantitative estimate of drug-likeness (QED) is 0.271. The molecular formula is C29H28FN5O3S. The molecule has 1 unspecified atom stereocenters. The van der Waals surface area contributed by atoms with Gasteiger partial charge in [0.05, 0.1) is 41.2 Å². The van der Waals surface area contributed by atoms with Crippen LogP contribution in [-0.2, 0) is 24.4 Å². The van der Waals surface area contributed by atoms with Crippen molar-refractivity contribution in [1.29, 1.82) is 5.26 Å². The third-order valence-corrected chi connectivity index (χ3v) is 8.46. The first-order chi connectivity index (χ1) is 19.1. The molecule has 2 saturated heterocycles. The zero-order chi connectivity index (χ0) is 26.8. The Morgan fingerprint density at radius 1 is 1.18 bits per heavy atom. The molecule has 8 nitrogen and oxygen atoms in total. The number of rotatable bonds is 9. The number of carbonyl (C=O) groups excluding carboxylic acids is 1. The molecule has 6 rings (SSSR count). The number of ether oxygens (including phenoxy) is 2.